The normalized spacial score (nSPS) is 18.7. The Morgan fingerprint density at radius 1 is 1.38 bits per heavy atom. The van der Waals surface area contributed by atoms with Crippen LogP contribution < -0.4 is 5.32 Å². The molecule has 2 aliphatic rings. The molecule has 0 atom stereocenters. The van der Waals surface area contributed by atoms with E-state index in [1.807, 2.05) is 0 Å². The van der Waals surface area contributed by atoms with E-state index in [-0.39, 0.29) is 17.1 Å². The maximum absolute atomic E-state index is 13.2. The number of rotatable bonds is 8. The van der Waals surface area contributed by atoms with Crippen molar-refractivity contribution in [3.8, 4) is 12.3 Å². The average molecular weight is 348 g/mol. The number of hydrogen-bond acceptors (Lipinski definition) is 3. The molecule has 6 heteroatoms. The van der Waals surface area contributed by atoms with Crippen molar-refractivity contribution in [2.24, 2.45) is 10.2 Å². The van der Waals surface area contributed by atoms with Crippen LogP contribution in [-0.2, 0) is 10.2 Å². The van der Waals surface area contributed by atoms with Crippen LogP contribution in [-0.4, -0.2) is 18.1 Å². The van der Waals surface area contributed by atoms with E-state index in [9.17, 15) is 9.18 Å². The van der Waals surface area contributed by atoms with E-state index < -0.39 is 5.66 Å². The Bertz CT molecular complexity index is 715. The number of benzene rings is 1. The van der Waals surface area contributed by atoms with Crippen molar-refractivity contribution in [3.63, 3.8) is 0 Å². The lowest BCUT2D eigenvalue weighted by Gasteiger charge is -2.18. The molecule has 1 aliphatic carbocycles. The number of carbonyl (C=O) groups is 1. The van der Waals surface area contributed by atoms with E-state index in [0.717, 1.165) is 18.4 Å². The van der Waals surface area contributed by atoms with Gasteiger partial charge < -0.3 is 5.32 Å². The third-order valence-electron chi connectivity index (χ3n) is 4.78. The number of carbonyl (C=O) groups excluding carboxylic acids is 1. The molecule has 1 aromatic carbocycles. The van der Waals surface area contributed by atoms with E-state index in [2.05, 4.69) is 21.5 Å². The van der Waals surface area contributed by atoms with E-state index >= 15 is 0 Å². The number of terminal acetylenes is 1. The summed E-state index contributed by atoms with van der Waals surface area (Å²) in [6.07, 6.45) is 9.40. The Hall–Kier alpha value is -1.93. The number of hydrogen-bond donors (Lipinski definition) is 1. The summed E-state index contributed by atoms with van der Waals surface area (Å²) in [5.41, 5.74) is 0.320. The maximum atomic E-state index is 13.2. The summed E-state index contributed by atoms with van der Waals surface area (Å²) >= 11 is 6.15. The van der Waals surface area contributed by atoms with Crippen LogP contribution in [0.15, 0.2) is 28.4 Å². The molecular formula is C18H19ClFN3O. The van der Waals surface area contributed by atoms with Gasteiger partial charge in [-0.3, -0.25) is 4.79 Å². The molecule has 0 aromatic heterocycles. The van der Waals surface area contributed by atoms with Gasteiger partial charge >= 0.3 is 0 Å². The molecule has 0 unspecified atom stereocenters. The topological polar surface area (TPSA) is 53.8 Å². The molecule has 1 amide bonds. The van der Waals surface area contributed by atoms with Crippen molar-refractivity contribution in [2.45, 2.75) is 49.6 Å². The molecule has 1 aromatic rings. The quantitative estimate of drug-likeness (QED) is 0.710. The van der Waals surface area contributed by atoms with Gasteiger partial charge in [-0.1, -0.05) is 17.7 Å². The van der Waals surface area contributed by atoms with Crippen LogP contribution >= 0.6 is 11.6 Å². The lowest BCUT2D eigenvalue weighted by Crippen LogP contribution is -2.33. The predicted molar refractivity (Wildman–Crippen MR) is 90.2 cm³/mol. The van der Waals surface area contributed by atoms with Gasteiger partial charge in [0.25, 0.3) is 0 Å². The smallest absolute Gasteiger partial charge is 0.220 e. The second-order valence-corrected chi connectivity index (χ2v) is 6.98. The third kappa shape index (κ3) is 3.76. The summed E-state index contributed by atoms with van der Waals surface area (Å²) in [6.45, 7) is 0.517. The number of halogens is 2. The van der Waals surface area contributed by atoms with Crippen LogP contribution in [0.5, 0.6) is 0 Å². The molecule has 1 fully saturated rings. The minimum absolute atomic E-state index is 0.0307. The average Bonchev–Trinajstić information content (AvgIpc) is 3.46. The molecule has 1 N–H and O–H groups in total. The fraction of sp³-hybridized carbons (Fsp3) is 0.500. The van der Waals surface area contributed by atoms with Gasteiger partial charge in [0, 0.05) is 42.7 Å². The first-order chi connectivity index (χ1) is 11.5. The monoisotopic (exact) mass is 347 g/mol. The van der Waals surface area contributed by atoms with Crippen LogP contribution in [0.1, 0.15) is 44.1 Å². The first-order valence-electron chi connectivity index (χ1n) is 8.08. The zero-order valence-corrected chi connectivity index (χ0v) is 14.1. The fourth-order valence-corrected chi connectivity index (χ4v) is 3.32. The second-order valence-electron chi connectivity index (χ2n) is 6.57. The van der Waals surface area contributed by atoms with Crippen LogP contribution in [0, 0.1) is 18.2 Å². The highest BCUT2D eigenvalue weighted by molar-refractivity contribution is 6.31. The lowest BCUT2D eigenvalue weighted by molar-refractivity contribution is -0.121. The second kappa shape index (κ2) is 6.52. The third-order valence-corrected chi connectivity index (χ3v) is 5.10. The highest BCUT2D eigenvalue weighted by Crippen LogP contribution is 2.50. The Morgan fingerprint density at radius 3 is 2.71 bits per heavy atom. The molecule has 126 valence electrons. The predicted octanol–water partition coefficient (Wildman–Crippen LogP) is 3.98. The molecule has 1 saturated carbocycles. The summed E-state index contributed by atoms with van der Waals surface area (Å²) in [5.74, 6) is 2.19. The summed E-state index contributed by atoms with van der Waals surface area (Å²) in [6, 6.07) is 4.45. The highest BCUT2D eigenvalue weighted by Gasteiger charge is 2.46. The summed E-state index contributed by atoms with van der Waals surface area (Å²) in [7, 11) is 0. The van der Waals surface area contributed by atoms with Crippen molar-refractivity contribution >= 4 is 17.5 Å². The summed E-state index contributed by atoms with van der Waals surface area (Å²) in [4.78, 5) is 12.1. The minimum Gasteiger partial charge on any atom is -0.355 e. The zero-order valence-electron chi connectivity index (χ0n) is 13.3. The first kappa shape index (κ1) is 16.9. The molecule has 0 radical (unpaired) electrons. The molecule has 1 aliphatic heterocycles. The highest BCUT2D eigenvalue weighted by atomic mass is 35.5. The Kier molecular flexibility index (Phi) is 4.60. The van der Waals surface area contributed by atoms with Gasteiger partial charge in [-0.15, -0.1) is 12.3 Å². The van der Waals surface area contributed by atoms with Crippen molar-refractivity contribution in [1.29, 1.82) is 0 Å². The summed E-state index contributed by atoms with van der Waals surface area (Å²) < 4.78 is 13.2. The van der Waals surface area contributed by atoms with Gasteiger partial charge in [0.2, 0.25) is 5.91 Å². The zero-order chi connectivity index (χ0) is 17.2. The molecule has 0 bridgehead atoms. The van der Waals surface area contributed by atoms with E-state index in [1.54, 1.807) is 6.07 Å². The number of nitrogens with zero attached hydrogens (tertiary/aromatic N) is 2. The number of amides is 1. The van der Waals surface area contributed by atoms with Gasteiger partial charge in [-0.25, -0.2) is 4.39 Å². The molecule has 0 spiro atoms. The Balaban J connectivity index is 1.49. The standard InChI is InChI=1S/C18H19ClFN3O/c1-2-3-7-18(22-23-18)8-6-16(24)21-12-17(9-10-17)14-5-4-13(20)11-15(14)19/h1,4-5,11H,3,6-10,12H2,(H,21,24). The Morgan fingerprint density at radius 2 is 2.12 bits per heavy atom. The fourth-order valence-electron chi connectivity index (χ4n) is 2.95. The van der Waals surface area contributed by atoms with Gasteiger partial charge in [-0.2, -0.15) is 10.2 Å². The van der Waals surface area contributed by atoms with E-state index in [4.69, 9.17) is 18.0 Å². The van der Waals surface area contributed by atoms with Crippen molar-refractivity contribution < 1.29 is 9.18 Å². The molecule has 4 nitrogen and oxygen atoms in total. The molecule has 24 heavy (non-hydrogen) atoms. The number of nitrogens with one attached hydrogen (secondary N) is 1. The molecule has 0 saturated heterocycles. The van der Waals surface area contributed by atoms with Crippen LogP contribution in [0.4, 0.5) is 4.39 Å². The van der Waals surface area contributed by atoms with Crippen molar-refractivity contribution in [1.82, 2.24) is 5.32 Å². The van der Waals surface area contributed by atoms with Crippen molar-refractivity contribution in [3.05, 3.63) is 34.6 Å². The van der Waals surface area contributed by atoms with Gasteiger partial charge in [-0.05, 0) is 30.5 Å². The Labute approximate surface area is 145 Å². The van der Waals surface area contributed by atoms with Crippen molar-refractivity contribution in [2.75, 3.05) is 6.54 Å². The summed E-state index contributed by atoms with van der Waals surface area (Å²) in [5, 5.41) is 11.4. The van der Waals surface area contributed by atoms with E-state index in [0.29, 0.717) is 37.3 Å². The molecule has 1 heterocycles. The van der Waals surface area contributed by atoms with Crippen LogP contribution in [0.2, 0.25) is 5.02 Å². The largest absolute Gasteiger partial charge is 0.355 e. The first-order valence-corrected chi connectivity index (χ1v) is 8.46. The molecular weight excluding hydrogens is 329 g/mol. The molecule has 3 rings (SSSR count). The lowest BCUT2D eigenvalue weighted by atomic mass is 9.95. The van der Waals surface area contributed by atoms with Crippen LogP contribution in [0.3, 0.4) is 0 Å². The maximum Gasteiger partial charge on any atom is 0.220 e. The minimum atomic E-state index is -0.429. The SMILES string of the molecule is C#CCCC1(CCC(=O)NCC2(c3ccc(F)cc3Cl)CC2)N=N1. The van der Waals surface area contributed by atoms with Crippen LogP contribution in [0.25, 0.3) is 0 Å². The van der Waals surface area contributed by atoms with E-state index in [1.165, 1.54) is 12.1 Å². The van der Waals surface area contributed by atoms with Gasteiger partial charge in [0.05, 0.1) is 0 Å². The van der Waals surface area contributed by atoms with Gasteiger partial charge in [0.1, 0.15) is 5.82 Å². The van der Waals surface area contributed by atoms with Gasteiger partial charge in [0.15, 0.2) is 5.66 Å².